The van der Waals surface area contributed by atoms with Gasteiger partial charge in [0.25, 0.3) is 0 Å². The van der Waals surface area contributed by atoms with E-state index in [-0.39, 0.29) is 0 Å². The molecule has 11 heavy (non-hydrogen) atoms. The van der Waals surface area contributed by atoms with Crippen molar-refractivity contribution in [2.24, 2.45) is 17.3 Å². The summed E-state index contributed by atoms with van der Waals surface area (Å²) in [6, 6.07) is 0. The van der Waals surface area contributed by atoms with Crippen LogP contribution in [0, 0.1) is 17.3 Å². The Morgan fingerprint density at radius 1 is 1.00 bits per heavy atom. The molecule has 0 aliphatic carbocycles. The van der Waals surface area contributed by atoms with E-state index in [1.807, 2.05) is 0 Å². The summed E-state index contributed by atoms with van der Waals surface area (Å²) in [4.78, 5) is 0. The maximum absolute atomic E-state index is 2.37. The smallest absolute Gasteiger partial charge is 0.0380 e. The van der Waals surface area contributed by atoms with Gasteiger partial charge in [0.1, 0.15) is 0 Å². The van der Waals surface area contributed by atoms with E-state index in [2.05, 4.69) is 41.5 Å². The first-order valence-corrected chi connectivity index (χ1v) is 4.81. The average Bonchev–Trinajstić information content (AvgIpc) is 1.53. The van der Waals surface area contributed by atoms with Gasteiger partial charge in [-0.05, 0) is 30.1 Å². The van der Waals surface area contributed by atoms with Crippen LogP contribution in [0.15, 0.2) is 0 Å². The van der Waals surface area contributed by atoms with Crippen LogP contribution in [0.1, 0.15) is 54.4 Å². The Morgan fingerprint density at radius 3 is 1.73 bits per heavy atom. The van der Waals surface area contributed by atoms with Crippen molar-refractivity contribution < 1.29 is 0 Å². The first kappa shape index (κ1) is 11.0. The Morgan fingerprint density at radius 2 is 1.45 bits per heavy atom. The fourth-order valence-electron chi connectivity index (χ4n) is 1.93. The Hall–Kier alpha value is 0. The first-order valence-electron chi connectivity index (χ1n) is 4.81. The summed E-state index contributed by atoms with van der Waals surface area (Å²) >= 11 is 0. The van der Waals surface area contributed by atoms with Crippen molar-refractivity contribution in [1.29, 1.82) is 0 Å². The van der Waals surface area contributed by atoms with Gasteiger partial charge in [-0.3, -0.25) is 0 Å². The van der Waals surface area contributed by atoms with Crippen LogP contribution < -0.4 is 0 Å². The maximum Gasteiger partial charge on any atom is -0.0380 e. The third-order valence-electron chi connectivity index (χ3n) is 1.83. The van der Waals surface area contributed by atoms with E-state index >= 15 is 0 Å². The summed E-state index contributed by atoms with van der Waals surface area (Å²) in [5.41, 5.74) is 0.508. The second-order valence-corrected chi connectivity index (χ2v) is 5.50. The van der Waals surface area contributed by atoms with E-state index in [1.165, 1.54) is 12.8 Å². The fourth-order valence-corrected chi connectivity index (χ4v) is 1.93. The predicted octanol–water partition coefficient (Wildman–Crippen LogP) is 4.10. The molecule has 0 aromatic rings. The molecule has 0 amide bonds. The molecule has 0 saturated carbocycles. The zero-order chi connectivity index (χ0) is 9.07. The summed E-state index contributed by atoms with van der Waals surface area (Å²) in [6.45, 7) is 13.9. The van der Waals surface area contributed by atoms with Gasteiger partial charge in [-0.2, -0.15) is 0 Å². The van der Waals surface area contributed by atoms with Crippen molar-refractivity contribution in [3.63, 3.8) is 0 Å². The molecular weight excluding hydrogens is 132 g/mol. The van der Waals surface area contributed by atoms with Gasteiger partial charge in [0.05, 0.1) is 0 Å². The molecule has 0 heteroatoms. The summed E-state index contributed by atoms with van der Waals surface area (Å²) in [6.07, 6.45) is 2.72. The monoisotopic (exact) mass is 156 g/mol. The van der Waals surface area contributed by atoms with Crippen molar-refractivity contribution in [2.75, 3.05) is 0 Å². The third-order valence-corrected chi connectivity index (χ3v) is 1.83. The molecule has 1 atom stereocenters. The Labute approximate surface area is 72.4 Å². The van der Waals surface area contributed by atoms with E-state index in [9.17, 15) is 0 Å². The van der Waals surface area contributed by atoms with Gasteiger partial charge >= 0.3 is 0 Å². The minimum atomic E-state index is 0.508. The fraction of sp³-hybridized carbons (Fsp3) is 1.00. The zero-order valence-corrected chi connectivity index (χ0v) is 9.07. The molecule has 68 valence electrons. The van der Waals surface area contributed by atoms with E-state index in [0.717, 1.165) is 11.8 Å². The predicted molar refractivity (Wildman–Crippen MR) is 52.7 cm³/mol. The van der Waals surface area contributed by atoms with Gasteiger partial charge in [0.15, 0.2) is 0 Å². The molecule has 0 aromatic heterocycles. The first-order chi connectivity index (χ1) is 4.81. The molecule has 0 fully saturated rings. The molecule has 0 spiro atoms. The summed E-state index contributed by atoms with van der Waals surface area (Å²) in [5, 5.41) is 0. The van der Waals surface area contributed by atoms with Gasteiger partial charge in [0.2, 0.25) is 0 Å². The quantitative estimate of drug-likeness (QED) is 0.577. The van der Waals surface area contributed by atoms with E-state index in [0.29, 0.717) is 5.41 Å². The van der Waals surface area contributed by atoms with Gasteiger partial charge in [-0.1, -0.05) is 41.5 Å². The van der Waals surface area contributed by atoms with E-state index < -0.39 is 0 Å². The molecule has 0 aliphatic rings. The summed E-state index contributed by atoms with van der Waals surface area (Å²) < 4.78 is 0. The molecule has 0 N–H and O–H groups in total. The van der Waals surface area contributed by atoms with Gasteiger partial charge in [-0.15, -0.1) is 0 Å². The van der Waals surface area contributed by atoms with E-state index in [4.69, 9.17) is 0 Å². The molecule has 0 nitrogen and oxygen atoms in total. The van der Waals surface area contributed by atoms with Gasteiger partial charge in [0, 0.05) is 0 Å². The summed E-state index contributed by atoms with van der Waals surface area (Å²) in [5.74, 6) is 1.74. The van der Waals surface area contributed by atoms with Gasteiger partial charge < -0.3 is 0 Å². The largest absolute Gasteiger partial charge is 0.0628 e. The molecule has 0 saturated heterocycles. The number of hydrogen-bond acceptors (Lipinski definition) is 0. The van der Waals surface area contributed by atoms with Crippen LogP contribution in [0.3, 0.4) is 0 Å². The minimum Gasteiger partial charge on any atom is -0.0628 e. The van der Waals surface area contributed by atoms with Crippen LogP contribution in [-0.2, 0) is 0 Å². The highest BCUT2D eigenvalue weighted by Gasteiger charge is 2.15. The van der Waals surface area contributed by atoms with Crippen molar-refractivity contribution in [2.45, 2.75) is 54.4 Å². The lowest BCUT2D eigenvalue weighted by atomic mass is 9.82. The number of rotatable bonds is 3. The molecule has 0 radical (unpaired) electrons. The van der Waals surface area contributed by atoms with E-state index in [1.54, 1.807) is 0 Å². The molecular formula is C11H24. The second kappa shape index (κ2) is 4.13. The Bertz CT molecular complexity index is 95.1. The Kier molecular flexibility index (Phi) is 4.13. The zero-order valence-electron chi connectivity index (χ0n) is 9.07. The standard InChI is InChI=1S/C11H24/c1-9(2)7-10(3)8-11(4,5)6/h9-10H,7-8H2,1-6H3. The minimum absolute atomic E-state index is 0.508. The molecule has 0 aromatic carbocycles. The van der Waals surface area contributed by atoms with Gasteiger partial charge in [-0.25, -0.2) is 0 Å². The molecule has 0 aliphatic heterocycles. The maximum atomic E-state index is 2.37. The van der Waals surface area contributed by atoms with Crippen LogP contribution in [0.2, 0.25) is 0 Å². The van der Waals surface area contributed by atoms with Crippen molar-refractivity contribution in [3.05, 3.63) is 0 Å². The SMILES string of the molecule is CC(C)CC(C)CC(C)(C)C. The normalized spacial score (nSPS) is 15.5. The van der Waals surface area contributed by atoms with Crippen LogP contribution in [0.5, 0.6) is 0 Å². The highest BCUT2D eigenvalue weighted by atomic mass is 14.2. The average molecular weight is 156 g/mol. The van der Waals surface area contributed by atoms with Crippen LogP contribution >= 0.6 is 0 Å². The highest BCUT2D eigenvalue weighted by Crippen LogP contribution is 2.27. The lowest BCUT2D eigenvalue weighted by Gasteiger charge is -2.24. The van der Waals surface area contributed by atoms with Crippen molar-refractivity contribution >= 4 is 0 Å². The molecule has 1 unspecified atom stereocenters. The third kappa shape index (κ3) is 7.90. The lowest BCUT2D eigenvalue weighted by molar-refractivity contribution is 0.278. The van der Waals surface area contributed by atoms with Crippen LogP contribution in [-0.4, -0.2) is 0 Å². The summed E-state index contributed by atoms with van der Waals surface area (Å²) in [7, 11) is 0. The number of hydrogen-bond donors (Lipinski definition) is 0. The lowest BCUT2D eigenvalue weighted by Crippen LogP contribution is -2.12. The van der Waals surface area contributed by atoms with Crippen molar-refractivity contribution in [3.8, 4) is 0 Å². The van der Waals surface area contributed by atoms with Crippen LogP contribution in [0.25, 0.3) is 0 Å². The molecule has 0 heterocycles. The molecule has 0 bridgehead atoms. The topological polar surface area (TPSA) is 0 Å². The Balaban J connectivity index is 3.61. The van der Waals surface area contributed by atoms with Crippen LogP contribution in [0.4, 0.5) is 0 Å². The second-order valence-electron chi connectivity index (χ2n) is 5.50. The molecule has 0 rings (SSSR count). The highest BCUT2D eigenvalue weighted by molar-refractivity contribution is 4.67. The van der Waals surface area contributed by atoms with Crippen molar-refractivity contribution in [1.82, 2.24) is 0 Å².